The standard InChI is InChI=1S/C20H20N2O3/c1-24-19-13-17(16-9-11-21-12-10-16)7-8-18(19)22-20(23)25-14-15-5-3-2-4-6-15/h2-9,11,13H,10,12,14H2,1H3,(H,22,23). The topological polar surface area (TPSA) is 59.9 Å². The number of dihydropyridines is 1. The van der Waals surface area contributed by atoms with E-state index < -0.39 is 6.09 Å². The average molecular weight is 336 g/mol. The van der Waals surface area contributed by atoms with Gasteiger partial charge in [0.1, 0.15) is 12.4 Å². The summed E-state index contributed by atoms with van der Waals surface area (Å²) in [5, 5.41) is 2.73. The molecule has 0 spiro atoms. The summed E-state index contributed by atoms with van der Waals surface area (Å²) in [7, 11) is 1.58. The minimum absolute atomic E-state index is 0.222. The largest absolute Gasteiger partial charge is 0.495 e. The molecule has 0 radical (unpaired) electrons. The Morgan fingerprint density at radius 2 is 2.04 bits per heavy atom. The van der Waals surface area contributed by atoms with E-state index in [1.54, 1.807) is 7.11 Å². The Kier molecular flexibility index (Phi) is 5.46. The van der Waals surface area contributed by atoms with E-state index in [2.05, 4.69) is 10.3 Å². The number of hydrogen-bond donors (Lipinski definition) is 1. The van der Waals surface area contributed by atoms with Crippen LogP contribution in [-0.4, -0.2) is 26.0 Å². The molecule has 1 amide bonds. The SMILES string of the molecule is COc1cc(C2=CC=NCC2)ccc1NC(=O)OCc1ccccc1. The van der Waals surface area contributed by atoms with Crippen LogP contribution in [0.4, 0.5) is 10.5 Å². The summed E-state index contributed by atoms with van der Waals surface area (Å²) in [6.45, 7) is 1.01. The number of anilines is 1. The third kappa shape index (κ3) is 4.47. The minimum atomic E-state index is -0.515. The van der Waals surface area contributed by atoms with Crippen molar-refractivity contribution in [3.63, 3.8) is 0 Å². The number of aliphatic imine (C=N–C) groups is 1. The summed E-state index contributed by atoms with van der Waals surface area (Å²) in [6, 6.07) is 15.2. The molecule has 128 valence electrons. The summed E-state index contributed by atoms with van der Waals surface area (Å²) in [4.78, 5) is 16.2. The summed E-state index contributed by atoms with van der Waals surface area (Å²) in [5.41, 5.74) is 3.78. The Balaban J connectivity index is 1.66. The van der Waals surface area contributed by atoms with Gasteiger partial charge in [-0.2, -0.15) is 0 Å². The lowest BCUT2D eigenvalue weighted by atomic mass is 10.0. The van der Waals surface area contributed by atoms with Crippen molar-refractivity contribution in [2.45, 2.75) is 13.0 Å². The molecule has 0 saturated heterocycles. The van der Waals surface area contributed by atoms with Gasteiger partial charge < -0.3 is 9.47 Å². The Labute approximate surface area is 147 Å². The Morgan fingerprint density at radius 3 is 2.76 bits per heavy atom. The maximum absolute atomic E-state index is 12.0. The Bertz CT molecular complexity index is 798. The van der Waals surface area contributed by atoms with Gasteiger partial charge in [0.15, 0.2) is 0 Å². The molecule has 0 fully saturated rings. The fourth-order valence-electron chi connectivity index (χ4n) is 2.59. The van der Waals surface area contributed by atoms with Crippen molar-refractivity contribution < 1.29 is 14.3 Å². The van der Waals surface area contributed by atoms with Crippen LogP contribution in [0.2, 0.25) is 0 Å². The highest BCUT2D eigenvalue weighted by Gasteiger charge is 2.12. The van der Waals surface area contributed by atoms with E-state index in [0.29, 0.717) is 11.4 Å². The lowest BCUT2D eigenvalue weighted by molar-refractivity contribution is 0.155. The van der Waals surface area contributed by atoms with Crippen LogP contribution in [0.15, 0.2) is 59.6 Å². The molecule has 1 aliphatic heterocycles. The highest BCUT2D eigenvalue weighted by Crippen LogP contribution is 2.30. The van der Waals surface area contributed by atoms with Crippen molar-refractivity contribution >= 4 is 23.6 Å². The van der Waals surface area contributed by atoms with Gasteiger partial charge in [-0.05, 0) is 41.3 Å². The molecule has 0 saturated carbocycles. The zero-order chi connectivity index (χ0) is 17.5. The zero-order valence-corrected chi connectivity index (χ0v) is 14.1. The third-order valence-corrected chi connectivity index (χ3v) is 3.91. The second kappa shape index (κ2) is 8.15. The van der Waals surface area contributed by atoms with E-state index in [-0.39, 0.29) is 6.61 Å². The van der Waals surface area contributed by atoms with E-state index in [0.717, 1.165) is 24.1 Å². The van der Waals surface area contributed by atoms with Crippen molar-refractivity contribution in [1.82, 2.24) is 0 Å². The minimum Gasteiger partial charge on any atom is -0.495 e. The lowest BCUT2D eigenvalue weighted by Gasteiger charge is -2.14. The normalized spacial score (nSPS) is 13.1. The second-order valence-corrected chi connectivity index (χ2v) is 5.60. The van der Waals surface area contributed by atoms with Gasteiger partial charge in [0.2, 0.25) is 0 Å². The van der Waals surface area contributed by atoms with Crippen molar-refractivity contribution in [3.05, 3.63) is 65.7 Å². The fourth-order valence-corrected chi connectivity index (χ4v) is 2.59. The molecule has 0 atom stereocenters. The fraction of sp³-hybridized carbons (Fsp3) is 0.200. The molecule has 5 nitrogen and oxygen atoms in total. The number of carbonyl (C=O) groups is 1. The van der Waals surface area contributed by atoms with Crippen LogP contribution in [0.3, 0.4) is 0 Å². The quantitative estimate of drug-likeness (QED) is 0.885. The number of methoxy groups -OCH3 is 1. The van der Waals surface area contributed by atoms with E-state index >= 15 is 0 Å². The van der Waals surface area contributed by atoms with Gasteiger partial charge in [0.05, 0.1) is 12.8 Å². The number of rotatable bonds is 5. The van der Waals surface area contributed by atoms with Crippen molar-refractivity contribution in [2.75, 3.05) is 19.0 Å². The van der Waals surface area contributed by atoms with Crippen LogP contribution in [0.25, 0.3) is 5.57 Å². The maximum atomic E-state index is 12.0. The maximum Gasteiger partial charge on any atom is 0.412 e. The molecule has 2 aromatic rings. The van der Waals surface area contributed by atoms with E-state index in [1.807, 2.05) is 60.8 Å². The predicted octanol–water partition coefficient (Wildman–Crippen LogP) is 4.30. The molecule has 0 aromatic heterocycles. The van der Waals surface area contributed by atoms with Gasteiger partial charge in [-0.25, -0.2) is 4.79 Å². The molecular formula is C20H20N2O3. The average Bonchev–Trinajstić information content (AvgIpc) is 2.68. The van der Waals surface area contributed by atoms with Crippen molar-refractivity contribution in [3.8, 4) is 5.75 Å². The highest BCUT2D eigenvalue weighted by atomic mass is 16.5. The summed E-state index contributed by atoms with van der Waals surface area (Å²) in [6.07, 6.45) is 4.20. The first-order valence-electron chi connectivity index (χ1n) is 8.11. The molecule has 1 aliphatic rings. The number of nitrogens with one attached hydrogen (secondary N) is 1. The number of nitrogens with zero attached hydrogens (tertiary/aromatic N) is 1. The smallest absolute Gasteiger partial charge is 0.412 e. The predicted molar refractivity (Wildman–Crippen MR) is 99.2 cm³/mol. The molecule has 1 heterocycles. The molecule has 5 heteroatoms. The third-order valence-electron chi connectivity index (χ3n) is 3.91. The summed E-state index contributed by atoms with van der Waals surface area (Å²) in [5.74, 6) is 0.595. The van der Waals surface area contributed by atoms with Crippen LogP contribution in [0, 0.1) is 0 Å². The van der Waals surface area contributed by atoms with Crippen LogP contribution in [-0.2, 0) is 11.3 Å². The van der Waals surface area contributed by atoms with Gasteiger partial charge in [0.25, 0.3) is 0 Å². The zero-order valence-electron chi connectivity index (χ0n) is 14.1. The van der Waals surface area contributed by atoms with E-state index in [1.165, 1.54) is 5.57 Å². The Hall–Kier alpha value is -3.08. The second-order valence-electron chi connectivity index (χ2n) is 5.60. The first-order valence-corrected chi connectivity index (χ1v) is 8.11. The highest BCUT2D eigenvalue weighted by molar-refractivity contribution is 5.89. The molecule has 1 N–H and O–H groups in total. The Morgan fingerprint density at radius 1 is 1.20 bits per heavy atom. The van der Waals surface area contributed by atoms with Crippen LogP contribution < -0.4 is 10.1 Å². The monoisotopic (exact) mass is 336 g/mol. The van der Waals surface area contributed by atoms with Gasteiger partial charge in [-0.3, -0.25) is 10.3 Å². The number of carbonyl (C=O) groups excluding carboxylic acids is 1. The molecule has 3 rings (SSSR count). The van der Waals surface area contributed by atoms with Gasteiger partial charge in [-0.1, -0.05) is 36.4 Å². The van der Waals surface area contributed by atoms with Gasteiger partial charge in [0, 0.05) is 12.8 Å². The molecule has 2 aromatic carbocycles. The number of ether oxygens (including phenoxy) is 2. The molecular weight excluding hydrogens is 316 g/mol. The number of allylic oxidation sites excluding steroid dienone is 1. The van der Waals surface area contributed by atoms with Gasteiger partial charge in [-0.15, -0.1) is 0 Å². The van der Waals surface area contributed by atoms with Gasteiger partial charge >= 0.3 is 6.09 Å². The summed E-state index contributed by atoms with van der Waals surface area (Å²) >= 11 is 0. The van der Waals surface area contributed by atoms with E-state index in [9.17, 15) is 4.79 Å². The van der Waals surface area contributed by atoms with E-state index in [4.69, 9.17) is 9.47 Å². The first-order chi connectivity index (χ1) is 12.3. The van der Waals surface area contributed by atoms with Crippen LogP contribution >= 0.6 is 0 Å². The molecule has 25 heavy (non-hydrogen) atoms. The lowest BCUT2D eigenvalue weighted by Crippen LogP contribution is -2.14. The number of benzene rings is 2. The summed E-state index contributed by atoms with van der Waals surface area (Å²) < 4.78 is 10.7. The molecule has 0 bridgehead atoms. The van der Waals surface area contributed by atoms with Crippen molar-refractivity contribution in [2.24, 2.45) is 4.99 Å². The van der Waals surface area contributed by atoms with Crippen LogP contribution in [0.5, 0.6) is 5.75 Å². The number of hydrogen-bond acceptors (Lipinski definition) is 4. The first kappa shape index (κ1) is 16.8. The molecule has 0 unspecified atom stereocenters. The van der Waals surface area contributed by atoms with Crippen LogP contribution in [0.1, 0.15) is 17.5 Å². The number of amides is 1. The molecule has 0 aliphatic carbocycles. The van der Waals surface area contributed by atoms with Crippen molar-refractivity contribution in [1.29, 1.82) is 0 Å².